The van der Waals surface area contributed by atoms with Crippen LogP contribution in [-0.2, 0) is 11.3 Å². The van der Waals surface area contributed by atoms with E-state index >= 15 is 0 Å². The highest BCUT2D eigenvalue weighted by Gasteiger charge is 2.43. The minimum absolute atomic E-state index is 0.0374. The van der Waals surface area contributed by atoms with Gasteiger partial charge in [0, 0.05) is 30.7 Å². The van der Waals surface area contributed by atoms with Crippen molar-refractivity contribution >= 4 is 11.8 Å². The first-order chi connectivity index (χ1) is 15.6. The highest BCUT2D eigenvalue weighted by Crippen LogP contribution is 2.38. The average molecular weight is 436 g/mol. The van der Waals surface area contributed by atoms with Gasteiger partial charge < -0.3 is 15.0 Å². The van der Waals surface area contributed by atoms with Crippen LogP contribution in [0.4, 0.5) is 0 Å². The van der Waals surface area contributed by atoms with Crippen molar-refractivity contribution in [3.05, 3.63) is 65.7 Å². The molecule has 170 valence electrons. The summed E-state index contributed by atoms with van der Waals surface area (Å²) in [5, 5.41) is 2.81. The lowest BCUT2D eigenvalue weighted by Crippen LogP contribution is -2.51. The molecule has 2 aliphatic heterocycles. The molecular weight excluding hydrogens is 402 g/mol. The lowest BCUT2D eigenvalue weighted by atomic mass is 9.87. The maximum Gasteiger partial charge on any atom is 0.251 e. The maximum atomic E-state index is 13.1. The number of nitrogens with one attached hydrogen (secondary N) is 1. The summed E-state index contributed by atoms with van der Waals surface area (Å²) in [4.78, 5) is 30.0. The van der Waals surface area contributed by atoms with E-state index < -0.39 is 0 Å². The molecular formula is C26H33N3O3. The zero-order valence-electron chi connectivity index (χ0n) is 18.9. The molecule has 2 amide bonds. The molecule has 6 heteroatoms. The zero-order chi connectivity index (χ0) is 22.4. The molecule has 0 aromatic heterocycles. The van der Waals surface area contributed by atoms with Crippen molar-refractivity contribution in [2.75, 3.05) is 33.3 Å². The summed E-state index contributed by atoms with van der Waals surface area (Å²) >= 11 is 0. The number of ether oxygens (including phenoxy) is 1. The van der Waals surface area contributed by atoms with Crippen molar-refractivity contribution in [2.24, 2.45) is 0 Å². The molecule has 32 heavy (non-hydrogen) atoms. The van der Waals surface area contributed by atoms with Gasteiger partial charge in [-0.2, -0.15) is 0 Å². The molecule has 0 aliphatic carbocycles. The van der Waals surface area contributed by atoms with Gasteiger partial charge in [-0.15, -0.1) is 0 Å². The van der Waals surface area contributed by atoms with E-state index in [1.165, 1.54) is 5.56 Å². The van der Waals surface area contributed by atoms with Crippen molar-refractivity contribution in [3.63, 3.8) is 0 Å². The molecule has 2 saturated heterocycles. The molecule has 2 aromatic carbocycles. The molecule has 0 bridgehead atoms. The number of carbonyl (C=O) groups excluding carboxylic acids is 2. The van der Waals surface area contributed by atoms with Gasteiger partial charge in [-0.05, 0) is 68.5 Å². The van der Waals surface area contributed by atoms with Crippen LogP contribution < -0.4 is 10.1 Å². The average Bonchev–Trinajstić information content (AvgIpc) is 3.14. The summed E-state index contributed by atoms with van der Waals surface area (Å²) in [6.45, 7) is 3.79. The van der Waals surface area contributed by atoms with E-state index in [0.717, 1.165) is 64.0 Å². The summed E-state index contributed by atoms with van der Waals surface area (Å²) in [7, 11) is 1.69. The van der Waals surface area contributed by atoms with Gasteiger partial charge in [-0.1, -0.05) is 30.3 Å². The minimum atomic E-state index is -0.196. The first kappa shape index (κ1) is 22.3. The predicted octanol–water partition coefficient (Wildman–Crippen LogP) is 3.47. The van der Waals surface area contributed by atoms with Crippen molar-refractivity contribution in [3.8, 4) is 5.75 Å². The van der Waals surface area contributed by atoms with Gasteiger partial charge in [0.1, 0.15) is 5.75 Å². The van der Waals surface area contributed by atoms with E-state index in [0.29, 0.717) is 5.56 Å². The third-order valence-electron chi connectivity index (χ3n) is 6.91. The number of benzene rings is 2. The summed E-state index contributed by atoms with van der Waals surface area (Å²) in [6.07, 6.45) is 5.20. The smallest absolute Gasteiger partial charge is 0.251 e. The van der Waals surface area contributed by atoms with E-state index in [-0.39, 0.29) is 23.9 Å². The van der Waals surface area contributed by atoms with Crippen LogP contribution >= 0.6 is 0 Å². The Morgan fingerprint density at radius 2 is 1.66 bits per heavy atom. The zero-order valence-corrected chi connectivity index (χ0v) is 18.9. The number of hydrogen-bond acceptors (Lipinski definition) is 4. The lowest BCUT2D eigenvalue weighted by Gasteiger charge is -2.38. The van der Waals surface area contributed by atoms with Gasteiger partial charge in [0.2, 0.25) is 5.91 Å². The van der Waals surface area contributed by atoms with E-state index in [4.69, 9.17) is 4.74 Å². The molecule has 2 aromatic rings. The Hall–Kier alpha value is -2.86. The number of nitrogens with zero attached hydrogens (tertiary/aromatic N) is 2. The molecule has 4 rings (SSSR count). The molecule has 2 aliphatic rings. The van der Waals surface area contributed by atoms with E-state index in [1.54, 1.807) is 19.2 Å². The van der Waals surface area contributed by atoms with Crippen molar-refractivity contribution < 1.29 is 14.3 Å². The first-order valence-corrected chi connectivity index (χ1v) is 11.6. The van der Waals surface area contributed by atoms with E-state index in [9.17, 15) is 9.59 Å². The number of methoxy groups -OCH3 is 1. The summed E-state index contributed by atoms with van der Waals surface area (Å²) in [6, 6.07) is 17.3. The predicted molar refractivity (Wildman–Crippen MR) is 125 cm³/mol. The number of amides is 2. The Labute approximate surface area is 190 Å². The normalized spacial score (nSPS) is 21.3. The number of carbonyl (C=O) groups is 2. The lowest BCUT2D eigenvalue weighted by molar-refractivity contribution is -0.134. The minimum Gasteiger partial charge on any atom is -0.497 e. The van der Waals surface area contributed by atoms with Gasteiger partial charge in [0.05, 0.1) is 13.7 Å². The largest absolute Gasteiger partial charge is 0.497 e. The SMILES string of the molecule is COc1ccc(CN2CCC[C@]3(CCCN3C(=O)CNC(=O)c3ccccc3)CC2)cc1. The molecule has 6 nitrogen and oxygen atoms in total. The Morgan fingerprint density at radius 1 is 0.938 bits per heavy atom. The summed E-state index contributed by atoms with van der Waals surface area (Å²) in [5.74, 6) is 0.720. The molecule has 0 radical (unpaired) electrons. The Balaban J connectivity index is 1.34. The molecule has 0 saturated carbocycles. The van der Waals surface area contributed by atoms with Crippen LogP contribution in [0.25, 0.3) is 0 Å². The molecule has 0 unspecified atom stereocenters. The van der Waals surface area contributed by atoms with E-state index in [2.05, 4.69) is 27.2 Å². The van der Waals surface area contributed by atoms with Crippen LogP contribution in [0.2, 0.25) is 0 Å². The fourth-order valence-corrected chi connectivity index (χ4v) is 5.17. The van der Waals surface area contributed by atoms with Crippen molar-refractivity contribution in [1.82, 2.24) is 15.1 Å². The molecule has 1 N–H and O–H groups in total. The van der Waals surface area contributed by atoms with Gasteiger partial charge in [-0.3, -0.25) is 14.5 Å². The fraction of sp³-hybridized carbons (Fsp3) is 0.462. The summed E-state index contributed by atoms with van der Waals surface area (Å²) < 4.78 is 5.26. The molecule has 1 spiro atoms. The highest BCUT2D eigenvalue weighted by atomic mass is 16.5. The van der Waals surface area contributed by atoms with Crippen molar-refractivity contribution in [2.45, 2.75) is 44.2 Å². The maximum absolute atomic E-state index is 13.1. The Morgan fingerprint density at radius 3 is 2.38 bits per heavy atom. The van der Waals surface area contributed by atoms with Gasteiger partial charge in [-0.25, -0.2) is 0 Å². The van der Waals surface area contributed by atoms with Crippen LogP contribution in [0.3, 0.4) is 0 Å². The van der Waals surface area contributed by atoms with Crippen LogP contribution in [-0.4, -0.2) is 60.4 Å². The highest BCUT2D eigenvalue weighted by molar-refractivity contribution is 5.96. The third-order valence-corrected chi connectivity index (χ3v) is 6.91. The second-order valence-electron chi connectivity index (χ2n) is 8.90. The van der Waals surface area contributed by atoms with Crippen LogP contribution in [0.15, 0.2) is 54.6 Å². The number of hydrogen-bond donors (Lipinski definition) is 1. The molecule has 2 heterocycles. The monoisotopic (exact) mass is 435 g/mol. The van der Waals surface area contributed by atoms with Gasteiger partial charge >= 0.3 is 0 Å². The van der Waals surface area contributed by atoms with Crippen LogP contribution in [0.5, 0.6) is 5.75 Å². The quantitative estimate of drug-likeness (QED) is 0.755. The second-order valence-corrected chi connectivity index (χ2v) is 8.90. The third kappa shape index (κ3) is 5.13. The number of likely N-dealkylation sites (tertiary alicyclic amines) is 2. The molecule has 2 fully saturated rings. The van der Waals surface area contributed by atoms with Gasteiger partial charge in [0.25, 0.3) is 5.91 Å². The van der Waals surface area contributed by atoms with Crippen LogP contribution in [0, 0.1) is 0 Å². The first-order valence-electron chi connectivity index (χ1n) is 11.6. The Bertz CT molecular complexity index is 916. The van der Waals surface area contributed by atoms with Crippen molar-refractivity contribution in [1.29, 1.82) is 0 Å². The topological polar surface area (TPSA) is 61.9 Å². The summed E-state index contributed by atoms with van der Waals surface area (Å²) in [5.41, 5.74) is 1.80. The van der Waals surface area contributed by atoms with Crippen LogP contribution in [0.1, 0.15) is 48.0 Å². The second kappa shape index (κ2) is 10.2. The molecule has 1 atom stereocenters. The Kier molecular flexibility index (Phi) is 7.10. The van der Waals surface area contributed by atoms with Gasteiger partial charge in [0.15, 0.2) is 0 Å². The fourth-order valence-electron chi connectivity index (χ4n) is 5.17. The standard InChI is InChI=1S/C26H33N3O3/c1-32-23-11-9-21(10-12-23)20-28-16-5-13-26(15-18-28)14-6-17-29(26)24(30)19-27-25(31)22-7-3-2-4-8-22/h2-4,7-12H,5-6,13-20H2,1H3,(H,27,31)/t26-/m0/s1. The number of rotatable bonds is 6. The van der Waals surface area contributed by atoms with E-state index in [1.807, 2.05) is 30.3 Å².